The second kappa shape index (κ2) is 7.73. The Morgan fingerprint density at radius 3 is 2.35 bits per heavy atom. The molecule has 0 amide bonds. The summed E-state index contributed by atoms with van der Waals surface area (Å²) in [4.78, 5) is 4.65. The average Bonchev–Trinajstić information content (AvgIpc) is 2.55. The van der Waals surface area contributed by atoms with Gasteiger partial charge in [0.1, 0.15) is 0 Å². The molecule has 0 aliphatic carbocycles. The molecule has 2 fully saturated rings. The molecule has 2 heterocycles. The maximum atomic E-state index is 5.80. The molecule has 2 atom stereocenters. The van der Waals surface area contributed by atoms with E-state index in [1.54, 1.807) is 0 Å². The number of thioether (sulfide) groups is 1. The molecule has 1 N–H and O–H groups in total. The molecule has 0 aromatic heterocycles. The summed E-state index contributed by atoms with van der Waals surface area (Å²) < 4.78 is 5.80. The quantitative estimate of drug-likeness (QED) is 0.824. The van der Waals surface area contributed by atoms with E-state index in [9.17, 15) is 0 Å². The van der Waals surface area contributed by atoms with Crippen molar-refractivity contribution < 1.29 is 4.74 Å². The molecule has 6 heteroatoms. The fraction of sp³-hybridized carbons (Fsp3) is 0.588. The molecule has 1 aromatic carbocycles. The third-order valence-corrected chi connectivity index (χ3v) is 5.50. The van der Waals surface area contributed by atoms with Crippen molar-refractivity contribution in [3.63, 3.8) is 0 Å². The lowest BCUT2D eigenvalue weighted by atomic mass is 10.2. The predicted octanol–water partition coefficient (Wildman–Crippen LogP) is 3.05. The Morgan fingerprint density at radius 2 is 1.74 bits per heavy atom. The van der Waals surface area contributed by atoms with Crippen LogP contribution in [0.5, 0.6) is 0 Å². The van der Waals surface area contributed by atoms with Crippen molar-refractivity contribution in [1.82, 2.24) is 4.90 Å². The number of benzene rings is 1. The molecule has 23 heavy (non-hydrogen) atoms. The molecular weight excluding hydrogens is 326 g/mol. The first-order valence-corrected chi connectivity index (χ1v) is 9.82. The van der Waals surface area contributed by atoms with Gasteiger partial charge < -0.3 is 19.9 Å². The molecule has 4 nitrogen and oxygen atoms in total. The summed E-state index contributed by atoms with van der Waals surface area (Å²) in [6.45, 7) is 8.24. The van der Waals surface area contributed by atoms with Crippen molar-refractivity contribution in [1.29, 1.82) is 0 Å². The van der Waals surface area contributed by atoms with E-state index >= 15 is 0 Å². The molecule has 3 rings (SSSR count). The smallest absolute Gasteiger partial charge is 0.173 e. The highest BCUT2D eigenvalue weighted by Crippen LogP contribution is 2.22. The van der Waals surface area contributed by atoms with E-state index in [1.165, 1.54) is 5.69 Å². The van der Waals surface area contributed by atoms with Gasteiger partial charge >= 0.3 is 0 Å². The Labute approximate surface area is 148 Å². The molecule has 2 aliphatic heterocycles. The highest BCUT2D eigenvalue weighted by atomic mass is 32.2. The van der Waals surface area contributed by atoms with E-state index in [-0.39, 0.29) is 12.2 Å². The van der Waals surface area contributed by atoms with E-state index in [4.69, 9.17) is 17.0 Å². The first-order chi connectivity index (χ1) is 11.1. The summed E-state index contributed by atoms with van der Waals surface area (Å²) in [5.74, 6) is 2.32. The molecule has 1 aromatic rings. The Morgan fingerprint density at radius 1 is 1.13 bits per heavy atom. The molecule has 0 saturated carbocycles. The van der Waals surface area contributed by atoms with Crippen LogP contribution in [0.15, 0.2) is 24.3 Å². The fourth-order valence-corrected chi connectivity index (χ4v) is 4.32. The van der Waals surface area contributed by atoms with Crippen LogP contribution in [0.3, 0.4) is 0 Å². The Balaban J connectivity index is 1.59. The van der Waals surface area contributed by atoms with Crippen LogP contribution in [0.2, 0.25) is 0 Å². The van der Waals surface area contributed by atoms with Crippen LogP contribution in [-0.2, 0) is 4.74 Å². The number of hydrogen-bond acceptors (Lipinski definition) is 4. The highest BCUT2D eigenvalue weighted by molar-refractivity contribution is 7.99. The van der Waals surface area contributed by atoms with Gasteiger partial charge in [0.25, 0.3) is 0 Å². The standard InChI is InChI=1S/C17H25N3OS2/c1-13-11-20(12-14(2)21-13)16-5-3-15(4-6-16)18-17(22)19-7-9-23-10-8-19/h3-6,13-14H,7-12H2,1-2H3,(H,18,22)/t13-,14+. The molecular formula is C17H25N3OS2. The van der Waals surface area contributed by atoms with Crippen molar-refractivity contribution in [2.75, 3.05) is 47.9 Å². The number of nitrogens with one attached hydrogen (secondary N) is 1. The van der Waals surface area contributed by atoms with Crippen LogP contribution in [0, 0.1) is 0 Å². The SMILES string of the molecule is C[C@@H]1CN(c2ccc(NC(=S)N3CCSCC3)cc2)C[C@H](C)O1. The van der Waals surface area contributed by atoms with E-state index in [0.717, 1.165) is 48.5 Å². The molecule has 0 radical (unpaired) electrons. The Kier molecular flexibility index (Phi) is 5.67. The van der Waals surface area contributed by atoms with Gasteiger partial charge in [-0.2, -0.15) is 11.8 Å². The zero-order valence-electron chi connectivity index (χ0n) is 13.8. The van der Waals surface area contributed by atoms with Crippen LogP contribution in [-0.4, -0.2) is 59.9 Å². The highest BCUT2D eigenvalue weighted by Gasteiger charge is 2.22. The van der Waals surface area contributed by atoms with Gasteiger partial charge in [-0.15, -0.1) is 0 Å². The van der Waals surface area contributed by atoms with Crippen LogP contribution in [0.25, 0.3) is 0 Å². The summed E-state index contributed by atoms with van der Waals surface area (Å²) in [5.41, 5.74) is 2.31. The van der Waals surface area contributed by atoms with Gasteiger partial charge in [0.15, 0.2) is 5.11 Å². The van der Waals surface area contributed by atoms with Gasteiger partial charge in [-0.25, -0.2) is 0 Å². The largest absolute Gasteiger partial charge is 0.372 e. The van der Waals surface area contributed by atoms with E-state index in [1.807, 2.05) is 11.8 Å². The number of morpholine rings is 1. The van der Waals surface area contributed by atoms with Crippen molar-refractivity contribution >= 4 is 40.5 Å². The van der Waals surface area contributed by atoms with Crippen molar-refractivity contribution in [3.05, 3.63) is 24.3 Å². The Bertz CT molecular complexity index is 521. The Hall–Kier alpha value is -0.980. The van der Waals surface area contributed by atoms with E-state index in [2.05, 4.69) is 53.2 Å². The van der Waals surface area contributed by atoms with Crippen molar-refractivity contribution in [2.24, 2.45) is 0 Å². The van der Waals surface area contributed by atoms with Crippen molar-refractivity contribution in [3.8, 4) is 0 Å². The molecule has 0 spiro atoms. The van der Waals surface area contributed by atoms with Gasteiger partial charge in [0.2, 0.25) is 0 Å². The predicted molar refractivity (Wildman–Crippen MR) is 104 cm³/mol. The number of thiocarbonyl (C=S) groups is 1. The first-order valence-electron chi connectivity index (χ1n) is 8.26. The monoisotopic (exact) mass is 351 g/mol. The number of hydrogen-bond donors (Lipinski definition) is 1. The third kappa shape index (κ3) is 4.52. The zero-order valence-corrected chi connectivity index (χ0v) is 15.5. The minimum atomic E-state index is 0.279. The lowest BCUT2D eigenvalue weighted by molar-refractivity contribution is -0.00521. The van der Waals surface area contributed by atoms with Crippen LogP contribution in [0.1, 0.15) is 13.8 Å². The second-order valence-corrected chi connectivity index (χ2v) is 7.85. The van der Waals surface area contributed by atoms with Gasteiger partial charge in [-0.1, -0.05) is 0 Å². The van der Waals surface area contributed by atoms with Gasteiger partial charge in [0.05, 0.1) is 12.2 Å². The molecule has 126 valence electrons. The topological polar surface area (TPSA) is 27.7 Å². The minimum Gasteiger partial charge on any atom is -0.372 e. The minimum absolute atomic E-state index is 0.279. The fourth-order valence-electron chi connectivity index (χ4n) is 3.11. The lowest BCUT2D eigenvalue weighted by Gasteiger charge is -2.37. The summed E-state index contributed by atoms with van der Waals surface area (Å²) >= 11 is 7.52. The molecule has 2 aliphatic rings. The zero-order chi connectivity index (χ0) is 16.2. The summed E-state index contributed by atoms with van der Waals surface area (Å²) in [6.07, 6.45) is 0.558. The second-order valence-electron chi connectivity index (χ2n) is 6.24. The maximum Gasteiger partial charge on any atom is 0.173 e. The number of rotatable bonds is 2. The summed E-state index contributed by atoms with van der Waals surface area (Å²) in [7, 11) is 0. The molecule has 0 bridgehead atoms. The summed E-state index contributed by atoms with van der Waals surface area (Å²) in [5, 5.41) is 4.20. The average molecular weight is 352 g/mol. The summed E-state index contributed by atoms with van der Waals surface area (Å²) in [6, 6.07) is 8.57. The van der Waals surface area contributed by atoms with E-state index < -0.39 is 0 Å². The number of nitrogens with zero attached hydrogens (tertiary/aromatic N) is 2. The van der Waals surface area contributed by atoms with Gasteiger partial charge in [-0.05, 0) is 50.3 Å². The maximum absolute atomic E-state index is 5.80. The van der Waals surface area contributed by atoms with Crippen LogP contribution >= 0.6 is 24.0 Å². The van der Waals surface area contributed by atoms with Gasteiger partial charge in [0, 0.05) is 49.1 Å². The lowest BCUT2D eigenvalue weighted by Crippen LogP contribution is -2.45. The number of anilines is 2. The molecule has 2 saturated heterocycles. The van der Waals surface area contributed by atoms with Crippen LogP contribution in [0.4, 0.5) is 11.4 Å². The number of ether oxygens (including phenoxy) is 1. The molecule has 0 unspecified atom stereocenters. The van der Waals surface area contributed by atoms with Crippen LogP contribution < -0.4 is 10.2 Å². The third-order valence-electron chi connectivity index (χ3n) is 4.20. The normalized spacial score (nSPS) is 25.3. The van der Waals surface area contributed by atoms with Gasteiger partial charge in [-0.3, -0.25) is 0 Å². The van der Waals surface area contributed by atoms with Crippen molar-refractivity contribution in [2.45, 2.75) is 26.1 Å². The first kappa shape index (κ1) is 16.9. The van der Waals surface area contributed by atoms with E-state index in [0.29, 0.717) is 0 Å².